The molecule has 0 spiro atoms. The molecule has 0 radical (unpaired) electrons. The molecule has 0 aliphatic rings. The van der Waals surface area contributed by atoms with E-state index in [1.165, 1.54) is 13.8 Å². The summed E-state index contributed by atoms with van der Waals surface area (Å²) in [7, 11) is 0. The molecular formula is C11H19NO6. The Kier molecular flexibility index (Phi) is 8.55. The van der Waals surface area contributed by atoms with Crippen LogP contribution >= 0.6 is 0 Å². The van der Waals surface area contributed by atoms with E-state index in [4.69, 9.17) is 15.2 Å². The summed E-state index contributed by atoms with van der Waals surface area (Å²) >= 11 is 0. The quantitative estimate of drug-likeness (QED) is 0.360. The molecule has 0 saturated heterocycles. The van der Waals surface area contributed by atoms with Crippen LogP contribution in [0.2, 0.25) is 0 Å². The standard InChI is InChI=1S/C11H19NO6/c1-8(13)16-4-3-10(7-12)11(15)18-6-5-17-9(2)14/h10H,3-7,12H2,1-2H3. The topological polar surface area (TPSA) is 105 Å². The van der Waals surface area contributed by atoms with Gasteiger partial charge < -0.3 is 19.9 Å². The van der Waals surface area contributed by atoms with Crippen LogP contribution in [0.3, 0.4) is 0 Å². The highest BCUT2D eigenvalue weighted by atomic mass is 16.6. The van der Waals surface area contributed by atoms with Crippen molar-refractivity contribution in [2.45, 2.75) is 20.3 Å². The minimum Gasteiger partial charge on any atom is -0.466 e. The van der Waals surface area contributed by atoms with Crippen molar-refractivity contribution in [3.05, 3.63) is 0 Å². The van der Waals surface area contributed by atoms with Crippen LogP contribution in [0.5, 0.6) is 0 Å². The lowest BCUT2D eigenvalue weighted by Gasteiger charge is -2.13. The Balaban J connectivity index is 3.81. The van der Waals surface area contributed by atoms with Gasteiger partial charge in [0.25, 0.3) is 0 Å². The minimum absolute atomic E-state index is 0.0114. The average Bonchev–Trinajstić information content (AvgIpc) is 2.29. The summed E-state index contributed by atoms with van der Waals surface area (Å²) < 4.78 is 14.2. The van der Waals surface area contributed by atoms with E-state index in [1.807, 2.05) is 0 Å². The van der Waals surface area contributed by atoms with Crippen LogP contribution in [0.4, 0.5) is 0 Å². The second kappa shape index (κ2) is 9.41. The molecule has 0 aromatic carbocycles. The van der Waals surface area contributed by atoms with Gasteiger partial charge in [-0.2, -0.15) is 0 Å². The molecule has 7 heteroatoms. The van der Waals surface area contributed by atoms with Gasteiger partial charge in [-0.1, -0.05) is 0 Å². The second-order valence-corrected chi connectivity index (χ2v) is 3.57. The fourth-order valence-corrected chi connectivity index (χ4v) is 1.12. The first kappa shape index (κ1) is 16.4. The highest BCUT2D eigenvalue weighted by Crippen LogP contribution is 2.04. The molecule has 0 aliphatic heterocycles. The highest BCUT2D eigenvalue weighted by molar-refractivity contribution is 5.72. The van der Waals surface area contributed by atoms with Crippen molar-refractivity contribution >= 4 is 17.9 Å². The predicted molar refractivity (Wildman–Crippen MR) is 61.4 cm³/mol. The summed E-state index contributed by atoms with van der Waals surface area (Å²) in [5.74, 6) is -1.86. The van der Waals surface area contributed by atoms with Crippen LogP contribution in [-0.4, -0.2) is 44.3 Å². The van der Waals surface area contributed by atoms with Crippen molar-refractivity contribution in [3.8, 4) is 0 Å². The van der Waals surface area contributed by atoms with Gasteiger partial charge in [0, 0.05) is 20.4 Å². The minimum atomic E-state index is -0.526. The lowest BCUT2D eigenvalue weighted by Crippen LogP contribution is -2.28. The van der Waals surface area contributed by atoms with Gasteiger partial charge in [-0.3, -0.25) is 14.4 Å². The number of esters is 3. The van der Waals surface area contributed by atoms with Crippen LogP contribution in [0, 0.1) is 5.92 Å². The molecule has 1 unspecified atom stereocenters. The molecule has 0 aliphatic carbocycles. The summed E-state index contributed by atoms with van der Waals surface area (Å²) in [5.41, 5.74) is 5.42. The van der Waals surface area contributed by atoms with Crippen LogP contribution in [0.1, 0.15) is 20.3 Å². The van der Waals surface area contributed by atoms with Gasteiger partial charge in [-0.25, -0.2) is 0 Å². The molecule has 0 amide bonds. The Morgan fingerprint density at radius 2 is 1.44 bits per heavy atom. The second-order valence-electron chi connectivity index (χ2n) is 3.57. The zero-order valence-electron chi connectivity index (χ0n) is 10.6. The third-order valence-corrected chi connectivity index (χ3v) is 2.02. The Hall–Kier alpha value is -1.63. The molecule has 104 valence electrons. The van der Waals surface area contributed by atoms with Gasteiger partial charge in [-0.05, 0) is 6.42 Å². The SMILES string of the molecule is CC(=O)OCCOC(=O)C(CN)CCOC(C)=O. The molecule has 0 saturated carbocycles. The summed E-state index contributed by atoms with van der Waals surface area (Å²) in [6.07, 6.45) is 0.308. The van der Waals surface area contributed by atoms with E-state index in [1.54, 1.807) is 0 Å². The number of rotatable bonds is 8. The lowest BCUT2D eigenvalue weighted by molar-refractivity contribution is -0.155. The van der Waals surface area contributed by atoms with E-state index in [2.05, 4.69) is 4.74 Å². The molecule has 0 fully saturated rings. The zero-order chi connectivity index (χ0) is 14.0. The first-order valence-corrected chi connectivity index (χ1v) is 5.60. The van der Waals surface area contributed by atoms with Crippen molar-refractivity contribution in [1.29, 1.82) is 0 Å². The zero-order valence-corrected chi connectivity index (χ0v) is 10.6. The summed E-state index contributed by atoms with van der Waals surface area (Å²) in [6.45, 7) is 2.78. The smallest absolute Gasteiger partial charge is 0.310 e. The number of carbonyl (C=O) groups excluding carboxylic acids is 3. The maximum Gasteiger partial charge on any atom is 0.310 e. The molecule has 2 N–H and O–H groups in total. The van der Waals surface area contributed by atoms with E-state index < -0.39 is 23.8 Å². The highest BCUT2D eigenvalue weighted by Gasteiger charge is 2.18. The van der Waals surface area contributed by atoms with Crippen molar-refractivity contribution in [2.75, 3.05) is 26.4 Å². The fraction of sp³-hybridized carbons (Fsp3) is 0.727. The Morgan fingerprint density at radius 3 is 1.94 bits per heavy atom. The van der Waals surface area contributed by atoms with Crippen LogP contribution < -0.4 is 5.73 Å². The fourth-order valence-electron chi connectivity index (χ4n) is 1.12. The maximum atomic E-state index is 11.5. The van der Waals surface area contributed by atoms with Crippen molar-refractivity contribution in [3.63, 3.8) is 0 Å². The Morgan fingerprint density at radius 1 is 0.944 bits per heavy atom. The number of nitrogens with two attached hydrogens (primary N) is 1. The number of hydrogen-bond donors (Lipinski definition) is 1. The monoisotopic (exact) mass is 261 g/mol. The first-order valence-electron chi connectivity index (χ1n) is 5.60. The summed E-state index contributed by atoms with van der Waals surface area (Å²) in [5, 5.41) is 0. The maximum absolute atomic E-state index is 11.5. The van der Waals surface area contributed by atoms with Gasteiger partial charge in [0.1, 0.15) is 13.2 Å². The van der Waals surface area contributed by atoms with E-state index in [9.17, 15) is 14.4 Å². The lowest BCUT2D eigenvalue weighted by atomic mass is 10.1. The molecule has 0 heterocycles. The van der Waals surface area contributed by atoms with Gasteiger partial charge in [-0.15, -0.1) is 0 Å². The summed E-state index contributed by atoms with van der Waals surface area (Å²) in [6, 6.07) is 0. The Labute approximate surface area is 106 Å². The largest absolute Gasteiger partial charge is 0.466 e. The van der Waals surface area contributed by atoms with E-state index >= 15 is 0 Å². The van der Waals surface area contributed by atoms with Crippen LogP contribution in [-0.2, 0) is 28.6 Å². The van der Waals surface area contributed by atoms with Gasteiger partial charge in [0.05, 0.1) is 12.5 Å². The molecule has 0 bridgehead atoms. The van der Waals surface area contributed by atoms with Crippen molar-refractivity contribution in [1.82, 2.24) is 0 Å². The van der Waals surface area contributed by atoms with Crippen LogP contribution in [0.15, 0.2) is 0 Å². The molecule has 7 nitrogen and oxygen atoms in total. The molecule has 18 heavy (non-hydrogen) atoms. The van der Waals surface area contributed by atoms with Gasteiger partial charge in [0.15, 0.2) is 0 Å². The normalized spacial score (nSPS) is 11.5. The van der Waals surface area contributed by atoms with E-state index in [0.29, 0.717) is 6.42 Å². The van der Waals surface area contributed by atoms with Crippen LogP contribution in [0.25, 0.3) is 0 Å². The predicted octanol–water partition coefficient (Wildman–Crippen LogP) is -0.379. The molecule has 1 atom stereocenters. The van der Waals surface area contributed by atoms with Crippen molar-refractivity contribution in [2.24, 2.45) is 11.7 Å². The third kappa shape index (κ3) is 8.51. The molecule has 0 rings (SSSR count). The third-order valence-electron chi connectivity index (χ3n) is 2.02. The number of hydrogen-bond acceptors (Lipinski definition) is 7. The summed E-state index contributed by atoms with van der Waals surface area (Å²) in [4.78, 5) is 32.5. The van der Waals surface area contributed by atoms with E-state index in [0.717, 1.165) is 0 Å². The Bertz CT molecular complexity index is 291. The number of carbonyl (C=O) groups is 3. The average molecular weight is 261 g/mol. The van der Waals surface area contributed by atoms with Gasteiger partial charge in [0.2, 0.25) is 0 Å². The van der Waals surface area contributed by atoms with Crippen molar-refractivity contribution < 1.29 is 28.6 Å². The molecular weight excluding hydrogens is 242 g/mol. The van der Waals surface area contributed by atoms with Gasteiger partial charge >= 0.3 is 17.9 Å². The van der Waals surface area contributed by atoms with E-state index in [-0.39, 0.29) is 26.4 Å². The molecule has 0 aromatic rings. The first-order chi connectivity index (χ1) is 8.47. The molecule has 0 aromatic heterocycles. The number of ether oxygens (including phenoxy) is 3.